The Morgan fingerprint density at radius 2 is 1.73 bits per heavy atom. The van der Waals surface area contributed by atoms with Crippen molar-refractivity contribution in [2.75, 3.05) is 0 Å². The Morgan fingerprint density at radius 3 is 2.31 bits per heavy atom. The predicted octanol–water partition coefficient (Wildman–Crippen LogP) is 3.76. The molecule has 8 heteroatoms. The van der Waals surface area contributed by atoms with Gasteiger partial charge in [-0.1, -0.05) is 11.6 Å². The topological polar surface area (TPSA) is 101 Å². The van der Waals surface area contributed by atoms with Crippen LogP contribution in [0, 0.1) is 10.1 Å². The zero-order valence-corrected chi connectivity index (χ0v) is 14.4. The lowest BCUT2D eigenvalue weighted by Crippen LogP contribution is -2.45. The lowest BCUT2D eigenvalue weighted by Gasteiger charge is -2.28. The number of hydrogen-bond acceptors (Lipinski definition) is 4. The third-order valence-electron chi connectivity index (χ3n) is 4.06. The number of Topliss-reactive ketones (excluding diaryl/α,β-unsaturated/α-hetero) is 1. The number of hydrogen-bond donors (Lipinski definition) is 2. The van der Waals surface area contributed by atoms with Crippen LogP contribution in [0.5, 0.6) is 0 Å². The van der Waals surface area contributed by atoms with Gasteiger partial charge in [0.05, 0.1) is 11.0 Å². The molecule has 0 saturated carbocycles. The van der Waals surface area contributed by atoms with Crippen LogP contribution in [0.25, 0.3) is 0 Å². The van der Waals surface area contributed by atoms with Crippen molar-refractivity contribution in [3.05, 3.63) is 86.1 Å². The number of non-ortho nitro benzene ring substituents is 1. The van der Waals surface area contributed by atoms with E-state index in [4.69, 9.17) is 11.6 Å². The highest BCUT2D eigenvalue weighted by Gasteiger charge is 2.31. The molecular formula is C18H14ClN3O4. The van der Waals surface area contributed by atoms with Gasteiger partial charge in [-0.05, 0) is 48.9 Å². The van der Waals surface area contributed by atoms with Crippen LogP contribution in [-0.4, -0.2) is 16.7 Å². The molecule has 0 radical (unpaired) electrons. The largest absolute Gasteiger partial charge is 0.327 e. The Balaban J connectivity index is 2.02. The summed E-state index contributed by atoms with van der Waals surface area (Å²) < 4.78 is 0. The number of nitrogens with zero attached hydrogens (tertiary/aromatic N) is 1. The molecule has 0 spiro atoms. The van der Waals surface area contributed by atoms with Crippen molar-refractivity contribution in [3.8, 4) is 0 Å². The highest BCUT2D eigenvalue weighted by Crippen LogP contribution is 2.30. The molecule has 2 aromatic carbocycles. The van der Waals surface area contributed by atoms with E-state index < -0.39 is 17.0 Å². The zero-order chi connectivity index (χ0) is 18.8. The molecule has 0 saturated heterocycles. The number of halogens is 1. The molecule has 1 aliphatic heterocycles. The summed E-state index contributed by atoms with van der Waals surface area (Å²) in [5, 5.41) is 16.6. The molecule has 3 rings (SSSR count). The summed E-state index contributed by atoms with van der Waals surface area (Å²) in [6.07, 6.45) is 0. The molecule has 1 aliphatic rings. The van der Waals surface area contributed by atoms with Crippen molar-refractivity contribution in [1.82, 2.24) is 10.6 Å². The van der Waals surface area contributed by atoms with Crippen molar-refractivity contribution in [2.24, 2.45) is 0 Å². The molecule has 26 heavy (non-hydrogen) atoms. The maximum atomic E-state index is 13.0. The van der Waals surface area contributed by atoms with E-state index in [2.05, 4.69) is 10.6 Å². The molecule has 2 N–H and O–H groups in total. The van der Waals surface area contributed by atoms with E-state index in [9.17, 15) is 19.7 Å². The van der Waals surface area contributed by atoms with E-state index in [0.717, 1.165) is 0 Å². The van der Waals surface area contributed by atoms with Crippen molar-refractivity contribution >= 4 is 29.1 Å². The Bertz CT molecular complexity index is 920. The lowest BCUT2D eigenvalue weighted by atomic mass is 9.89. The van der Waals surface area contributed by atoms with E-state index in [1.165, 1.54) is 24.3 Å². The van der Waals surface area contributed by atoms with Gasteiger partial charge < -0.3 is 10.6 Å². The molecule has 0 fully saturated rings. The van der Waals surface area contributed by atoms with Crippen LogP contribution in [-0.2, 0) is 0 Å². The first kappa shape index (κ1) is 17.6. The first-order valence-electron chi connectivity index (χ1n) is 7.69. The number of nitro benzene ring substituents is 1. The van der Waals surface area contributed by atoms with Crippen molar-refractivity contribution in [3.63, 3.8) is 0 Å². The molecule has 1 heterocycles. The summed E-state index contributed by atoms with van der Waals surface area (Å²) in [4.78, 5) is 35.2. The maximum absolute atomic E-state index is 13.0. The van der Waals surface area contributed by atoms with Gasteiger partial charge in [0, 0.05) is 34.0 Å². The summed E-state index contributed by atoms with van der Waals surface area (Å²) in [5.74, 6) is -0.269. The number of carbonyl (C=O) groups excluding carboxylic acids is 2. The van der Waals surface area contributed by atoms with Crippen LogP contribution in [0.1, 0.15) is 28.9 Å². The fraction of sp³-hybridized carbons (Fsp3) is 0.111. The molecule has 7 nitrogen and oxygen atoms in total. The van der Waals surface area contributed by atoms with E-state index in [0.29, 0.717) is 27.4 Å². The zero-order valence-electron chi connectivity index (χ0n) is 13.7. The fourth-order valence-electron chi connectivity index (χ4n) is 2.79. The third-order valence-corrected chi connectivity index (χ3v) is 4.31. The van der Waals surface area contributed by atoms with Gasteiger partial charge in [0.15, 0.2) is 5.78 Å². The number of carbonyl (C=O) groups is 2. The van der Waals surface area contributed by atoms with Crippen LogP contribution in [0.15, 0.2) is 59.8 Å². The maximum Gasteiger partial charge on any atom is 0.319 e. The molecule has 0 bridgehead atoms. The van der Waals surface area contributed by atoms with E-state index in [-0.39, 0.29) is 11.5 Å². The van der Waals surface area contributed by atoms with E-state index in [1.807, 2.05) is 0 Å². The van der Waals surface area contributed by atoms with Gasteiger partial charge in [-0.15, -0.1) is 0 Å². The fourth-order valence-corrected chi connectivity index (χ4v) is 2.92. The molecule has 0 aliphatic carbocycles. The summed E-state index contributed by atoms with van der Waals surface area (Å²) in [6.45, 7) is 1.64. The van der Waals surface area contributed by atoms with Crippen molar-refractivity contribution in [1.29, 1.82) is 0 Å². The number of allylic oxidation sites excluding steroid dienone is 1. The number of urea groups is 1. The standard InChI is InChI=1S/C18H14ClN3O4/c1-10-15(17(23)12-2-6-13(19)7-3-12)16(21-18(24)20-10)11-4-8-14(9-5-11)22(25)26/h2-9,16H,1H3,(H2,20,21,24)/t16-/m1/s1. The second-order valence-electron chi connectivity index (χ2n) is 5.75. The van der Waals surface area contributed by atoms with Gasteiger partial charge in [0.1, 0.15) is 0 Å². The number of nitro groups is 1. The lowest BCUT2D eigenvalue weighted by molar-refractivity contribution is -0.384. The number of ketones is 1. The molecule has 2 amide bonds. The minimum atomic E-state index is -0.715. The molecule has 1 atom stereocenters. The first-order valence-corrected chi connectivity index (χ1v) is 8.07. The predicted molar refractivity (Wildman–Crippen MR) is 96.0 cm³/mol. The summed E-state index contributed by atoms with van der Waals surface area (Å²) in [7, 11) is 0. The Kier molecular flexibility index (Phi) is 4.73. The highest BCUT2D eigenvalue weighted by atomic mass is 35.5. The summed E-state index contributed by atoms with van der Waals surface area (Å²) >= 11 is 5.87. The average Bonchev–Trinajstić information content (AvgIpc) is 2.61. The first-order chi connectivity index (χ1) is 12.4. The number of nitrogens with one attached hydrogen (secondary N) is 2. The Hall–Kier alpha value is -3.19. The summed E-state index contributed by atoms with van der Waals surface area (Å²) in [5.41, 5.74) is 1.72. The van der Waals surface area contributed by atoms with Crippen LogP contribution in [0.3, 0.4) is 0 Å². The van der Waals surface area contributed by atoms with E-state index >= 15 is 0 Å². The van der Waals surface area contributed by atoms with Gasteiger partial charge in [-0.3, -0.25) is 14.9 Å². The van der Waals surface area contributed by atoms with Crippen LogP contribution in [0.4, 0.5) is 10.5 Å². The Morgan fingerprint density at radius 1 is 1.12 bits per heavy atom. The molecule has 0 aromatic heterocycles. The second-order valence-corrected chi connectivity index (χ2v) is 6.19. The van der Waals surface area contributed by atoms with Crippen LogP contribution in [0.2, 0.25) is 5.02 Å². The average molecular weight is 372 g/mol. The van der Waals surface area contributed by atoms with Gasteiger partial charge in [0.2, 0.25) is 0 Å². The summed E-state index contributed by atoms with van der Waals surface area (Å²) in [6, 6.07) is 11.0. The number of amides is 2. The second kappa shape index (κ2) is 6.97. The third kappa shape index (κ3) is 3.43. The van der Waals surface area contributed by atoms with Gasteiger partial charge in [-0.2, -0.15) is 0 Å². The van der Waals surface area contributed by atoms with Gasteiger partial charge >= 0.3 is 6.03 Å². The van der Waals surface area contributed by atoms with Crippen molar-refractivity contribution in [2.45, 2.75) is 13.0 Å². The highest BCUT2D eigenvalue weighted by molar-refractivity contribution is 6.30. The molecule has 0 unspecified atom stereocenters. The van der Waals surface area contributed by atoms with Crippen LogP contribution >= 0.6 is 11.6 Å². The number of rotatable bonds is 4. The molecular weight excluding hydrogens is 358 g/mol. The monoisotopic (exact) mass is 371 g/mol. The van der Waals surface area contributed by atoms with E-state index in [1.54, 1.807) is 31.2 Å². The Labute approximate surface area is 153 Å². The van der Waals surface area contributed by atoms with Crippen molar-refractivity contribution < 1.29 is 14.5 Å². The van der Waals surface area contributed by atoms with Crippen LogP contribution < -0.4 is 10.6 Å². The van der Waals surface area contributed by atoms with Gasteiger partial charge in [-0.25, -0.2) is 4.79 Å². The normalized spacial score (nSPS) is 16.7. The smallest absolute Gasteiger partial charge is 0.319 e. The minimum absolute atomic E-state index is 0.0692. The molecule has 2 aromatic rings. The van der Waals surface area contributed by atoms with Gasteiger partial charge in [0.25, 0.3) is 5.69 Å². The molecule has 132 valence electrons. The SMILES string of the molecule is CC1=C(C(=O)c2ccc(Cl)cc2)[C@@H](c2ccc([N+](=O)[O-])cc2)NC(=O)N1. The minimum Gasteiger partial charge on any atom is -0.327 e. The quantitative estimate of drug-likeness (QED) is 0.485. The number of benzene rings is 2.